The number of aliphatic hydroxyl groups is 1. The number of aliphatic hydroxyl groups excluding tert-OH is 1. The van der Waals surface area contributed by atoms with Gasteiger partial charge in [0.2, 0.25) is 0 Å². The van der Waals surface area contributed by atoms with E-state index in [1.54, 1.807) is 0 Å². The van der Waals surface area contributed by atoms with Crippen molar-refractivity contribution < 1.29 is 18.3 Å². The van der Waals surface area contributed by atoms with Crippen molar-refractivity contribution >= 4 is 11.3 Å². The fourth-order valence-electron chi connectivity index (χ4n) is 2.20. The van der Waals surface area contributed by atoms with E-state index in [-0.39, 0.29) is 0 Å². The Hall–Kier alpha value is -1.33. The molecular formula is C16H17F3OS. The van der Waals surface area contributed by atoms with Crippen molar-refractivity contribution in [2.24, 2.45) is 0 Å². The molecule has 1 atom stereocenters. The van der Waals surface area contributed by atoms with E-state index in [0.29, 0.717) is 6.42 Å². The highest BCUT2D eigenvalue weighted by Crippen LogP contribution is 2.37. The van der Waals surface area contributed by atoms with Gasteiger partial charge < -0.3 is 5.11 Å². The van der Waals surface area contributed by atoms with Crippen LogP contribution in [-0.4, -0.2) is 5.11 Å². The molecule has 0 aliphatic heterocycles. The molecule has 1 heterocycles. The topological polar surface area (TPSA) is 20.2 Å². The number of halogens is 3. The van der Waals surface area contributed by atoms with E-state index < -0.39 is 17.8 Å². The summed E-state index contributed by atoms with van der Waals surface area (Å²) in [7, 11) is 0. The molecular weight excluding hydrogens is 297 g/mol. The lowest BCUT2D eigenvalue weighted by atomic mass is 10.1. The lowest BCUT2D eigenvalue weighted by molar-refractivity contribution is -0.137. The Morgan fingerprint density at radius 3 is 2.33 bits per heavy atom. The van der Waals surface area contributed by atoms with Gasteiger partial charge in [-0.3, -0.25) is 0 Å². The average molecular weight is 314 g/mol. The maximum absolute atomic E-state index is 12.6. The Labute approximate surface area is 126 Å². The molecule has 1 aromatic heterocycles. The molecule has 21 heavy (non-hydrogen) atoms. The average Bonchev–Trinajstić information content (AvgIpc) is 2.80. The summed E-state index contributed by atoms with van der Waals surface area (Å²) in [5, 5.41) is 10.1. The molecule has 1 aromatic carbocycles. The molecule has 114 valence electrons. The monoisotopic (exact) mass is 314 g/mol. The van der Waals surface area contributed by atoms with Crippen molar-refractivity contribution in [1.82, 2.24) is 0 Å². The van der Waals surface area contributed by atoms with Crippen LogP contribution in [0, 0.1) is 6.92 Å². The lowest BCUT2D eigenvalue weighted by Gasteiger charge is -2.08. The molecule has 2 rings (SSSR count). The molecule has 0 saturated carbocycles. The molecule has 0 spiro atoms. The number of benzene rings is 1. The van der Waals surface area contributed by atoms with Gasteiger partial charge in [-0.05, 0) is 42.7 Å². The van der Waals surface area contributed by atoms with Gasteiger partial charge in [-0.1, -0.05) is 25.5 Å². The first-order chi connectivity index (χ1) is 9.82. The first kappa shape index (κ1) is 16.0. The molecule has 1 N–H and O–H groups in total. The van der Waals surface area contributed by atoms with Crippen molar-refractivity contribution in [2.75, 3.05) is 0 Å². The van der Waals surface area contributed by atoms with Crippen LogP contribution in [0.4, 0.5) is 13.2 Å². The maximum Gasteiger partial charge on any atom is 0.416 e. The van der Waals surface area contributed by atoms with Crippen LogP contribution in [0.3, 0.4) is 0 Å². The largest absolute Gasteiger partial charge is 0.416 e. The van der Waals surface area contributed by atoms with Crippen LogP contribution in [0.2, 0.25) is 0 Å². The van der Waals surface area contributed by atoms with Gasteiger partial charge in [0.05, 0.1) is 11.7 Å². The standard InChI is InChI=1S/C16H17F3OS/c1-3-4-13(20)15-10(2)9-14(21-15)11-5-7-12(8-6-11)16(17,18)19/h5-9,13,20H,3-4H2,1-2H3. The third-order valence-corrected chi connectivity index (χ3v) is 4.71. The van der Waals surface area contributed by atoms with Crippen molar-refractivity contribution in [1.29, 1.82) is 0 Å². The molecule has 1 unspecified atom stereocenters. The molecule has 2 aromatic rings. The minimum atomic E-state index is -4.31. The van der Waals surface area contributed by atoms with E-state index in [2.05, 4.69) is 0 Å². The van der Waals surface area contributed by atoms with Crippen molar-refractivity contribution in [2.45, 2.75) is 39.0 Å². The van der Waals surface area contributed by atoms with E-state index in [0.717, 1.165) is 39.4 Å². The van der Waals surface area contributed by atoms with E-state index in [1.807, 2.05) is 19.9 Å². The van der Waals surface area contributed by atoms with Crippen LogP contribution in [0.15, 0.2) is 30.3 Å². The van der Waals surface area contributed by atoms with Crippen LogP contribution in [-0.2, 0) is 6.18 Å². The molecule has 0 radical (unpaired) electrons. The van der Waals surface area contributed by atoms with E-state index >= 15 is 0 Å². The van der Waals surface area contributed by atoms with Gasteiger partial charge in [-0.15, -0.1) is 11.3 Å². The summed E-state index contributed by atoms with van der Waals surface area (Å²) in [5.41, 5.74) is 1.08. The third-order valence-electron chi connectivity index (χ3n) is 3.32. The zero-order valence-electron chi connectivity index (χ0n) is 11.9. The quantitative estimate of drug-likeness (QED) is 0.781. The van der Waals surface area contributed by atoms with Crippen molar-refractivity contribution in [3.05, 3.63) is 46.3 Å². The zero-order chi connectivity index (χ0) is 15.6. The molecule has 0 fully saturated rings. The van der Waals surface area contributed by atoms with Crippen LogP contribution in [0.25, 0.3) is 10.4 Å². The van der Waals surface area contributed by atoms with Crippen LogP contribution < -0.4 is 0 Å². The number of rotatable bonds is 4. The molecule has 0 saturated heterocycles. The summed E-state index contributed by atoms with van der Waals surface area (Å²) < 4.78 is 37.7. The number of hydrogen-bond acceptors (Lipinski definition) is 2. The van der Waals surface area contributed by atoms with Gasteiger partial charge >= 0.3 is 6.18 Å². The van der Waals surface area contributed by atoms with E-state index in [4.69, 9.17) is 0 Å². The number of thiophene rings is 1. The zero-order valence-corrected chi connectivity index (χ0v) is 12.7. The minimum Gasteiger partial charge on any atom is -0.388 e. The fraction of sp³-hybridized carbons (Fsp3) is 0.375. The van der Waals surface area contributed by atoms with Gasteiger partial charge in [0.15, 0.2) is 0 Å². The highest BCUT2D eigenvalue weighted by molar-refractivity contribution is 7.15. The first-order valence-electron chi connectivity index (χ1n) is 6.79. The Bertz CT molecular complexity index is 599. The summed E-state index contributed by atoms with van der Waals surface area (Å²) in [6.45, 7) is 3.92. The van der Waals surface area contributed by atoms with Crippen molar-refractivity contribution in [3.8, 4) is 10.4 Å². The van der Waals surface area contributed by atoms with Gasteiger partial charge in [0.1, 0.15) is 0 Å². The Morgan fingerprint density at radius 2 is 1.81 bits per heavy atom. The second-order valence-electron chi connectivity index (χ2n) is 5.04. The summed E-state index contributed by atoms with van der Waals surface area (Å²) >= 11 is 1.44. The molecule has 0 aliphatic carbocycles. The summed E-state index contributed by atoms with van der Waals surface area (Å²) in [4.78, 5) is 1.78. The van der Waals surface area contributed by atoms with Gasteiger partial charge in [-0.2, -0.15) is 13.2 Å². The fourth-order valence-corrected chi connectivity index (χ4v) is 3.40. The third kappa shape index (κ3) is 3.66. The normalized spacial score (nSPS) is 13.4. The SMILES string of the molecule is CCCC(O)c1sc(-c2ccc(C(F)(F)F)cc2)cc1C. The Balaban J connectivity index is 2.29. The molecule has 0 aliphatic rings. The molecule has 5 heteroatoms. The highest BCUT2D eigenvalue weighted by atomic mass is 32.1. The summed E-state index contributed by atoms with van der Waals surface area (Å²) in [6, 6.07) is 7.05. The second-order valence-corrected chi connectivity index (χ2v) is 6.12. The van der Waals surface area contributed by atoms with Gasteiger partial charge in [0.25, 0.3) is 0 Å². The number of hydrogen-bond donors (Lipinski definition) is 1. The van der Waals surface area contributed by atoms with Crippen LogP contribution in [0.1, 0.15) is 41.9 Å². The number of aryl methyl sites for hydroxylation is 1. The van der Waals surface area contributed by atoms with Gasteiger partial charge in [-0.25, -0.2) is 0 Å². The number of alkyl halides is 3. The van der Waals surface area contributed by atoms with Gasteiger partial charge in [0, 0.05) is 9.75 Å². The second kappa shape index (κ2) is 6.20. The predicted octanol–water partition coefficient (Wildman–Crippen LogP) is 5.58. The highest BCUT2D eigenvalue weighted by Gasteiger charge is 2.30. The smallest absolute Gasteiger partial charge is 0.388 e. The molecule has 0 bridgehead atoms. The predicted molar refractivity (Wildman–Crippen MR) is 79.4 cm³/mol. The van der Waals surface area contributed by atoms with Crippen LogP contribution >= 0.6 is 11.3 Å². The Kier molecular flexibility index (Phi) is 4.74. The maximum atomic E-state index is 12.6. The minimum absolute atomic E-state index is 0.497. The van der Waals surface area contributed by atoms with E-state index in [9.17, 15) is 18.3 Å². The lowest BCUT2D eigenvalue weighted by Crippen LogP contribution is -2.03. The van der Waals surface area contributed by atoms with Crippen molar-refractivity contribution in [3.63, 3.8) is 0 Å². The Morgan fingerprint density at radius 1 is 1.19 bits per heavy atom. The molecule has 1 nitrogen and oxygen atoms in total. The molecule has 0 amide bonds. The van der Waals surface area contributed by atoms with E-state index in [1.165, 1.54) is 23.5 Å². The summed E-state index contributed by atoms with van der Waals surface area (Å²) in [6.07, 6.45) is -3.24. The van der Waals surface area contributed by atoms with Crippen LogP contribution in [0.5, 0.6) is 0 Å². The first-order valence-corrected chi connectivity index (χ1v) is 7.60. The summed E-state index contributed by atoms with van der Waals surface area (Å²) in [5.74, 6) is 0.